The number of carbonyl (C=O) groups is 1. The molecule has 4 rings (SSSR count). The van der Waals surface area contributed by atoms with E-state index in [4.69, 9.17) is 9.47 Å². The lowest BCUT2D eigenvalue weighted by atomic mass is 10.1. The Balaban J connectivity index is 1.45. The minimum Gasteiger partial charge on any atom is -0.493 e. The smallest absolute Gasteiger partial charge is 0.251 e. The standard InChI is InChI=1S/C23H21N3O3/c1-28-21-10-7-15(13-22(21)29-2)11-12-24-23(27)16-8-9-19-20(14-16)26-18-6-4-3-5-17(18)25-19/h3-10,13-14H,11-12H2,1-2H3,(H,24,27). The predicted octanol–water partition coefficient (Wildman–Crippen LogP) is 3.77. The number of benzene rings is 3. The average molecular weight is 387 g/mol. The minimum absolute atomic E-state index is 0.137. The van der Waals surface area contributed by atoms with Crippen molar-refractivity contribution < 1.29 is 14.3 Å². The summed E-state index contributed by atoms with van der Waals surface area (Å²) in [5, 5.41) is 2.96. The van der Waals surface area contributed by atoms with Gasteiger partial charge in [0, 0.05) is 12.1 Å². The zero-order chi connectivity index (χ0) is 20.2. The number of rotatable bonds is 6. The maximum Gasteiger partial charge on any atom is 0.251 e. The average Bonchev–Trinajstić information content (AvgIpc) is 2.77. The quantitative estimate of drug-likeness (QED) is 0.510. The summed E-state index contributed by atoms with van der Waals surface area (Å²) in [6.07, 6.45) is 0.685. The van der Waals surface area contributed by atoms with Crippen LogP contribution in [0.2, 0.25) is 0 Å². The number of hydrogen-bond acceptors (Lipinski definition) is 5. The number of hydrogen-bond donors (Lipinski definition) is 1. The molecule has 0 aliphatic rings. The topological polar surface area (TPSA) is 73.3 Å². The molecule has 0 radical (unpaired) electrons. The molecule has 0 fully saturated rings. The van der Waals surface area contributed by atoms with E-state index in [1.807, 2.05) is 48.5 Å². The summed E-state index contributed by atoms with van der Waals surface area (Å²) in [7, 11) is 3.21. The van der Waals surface area contributed by atoms with Crippen LogP contribution in [0.15, 0.2) is 60.7 Å². The summed E-state index contributed by atoms with van der Waals surface area (Å²) in [5.41, 5.74) is 4.74. The van der Waals surface area contributed by atoms with Crippen molar-refractivity contribution in [2.45, 2.75) is 6.42 Å². The van der Waals surface area contributed by atoms with Gasteiger partial charge in [-0.05, 0) is 54.4 Å². The Morgan fingerprint density at radius 2 is 1.52 bits per heavy atom. The molecular weight excluding hydrogens is 366 g/mol. The first-order valence-corrected chi connectivity index (χ1v) is 9.33. The van der Waals surface area contributed by atoms with Crippen molar-refractivity contribution in [3.05, 3.63) is 71.8 Å². The number of para-hydroxylation sites is 2. The lowest BCUT2D eigenvalue weighted by molar-refractivity contribution is 0.0954. The van der Waals surface area contributed by atoms with Gasteiger partial charge >= 0.3 is 0 Å². The molecule has 146 valence electrons. The molecule has 6 nitrogen and oxygen atoms in total. The highest BCUT2D eigenvalue weighted by Gasteiger charge is 2.09. The molecular formula is C23H21N3O3. The van der Waals surface area contributed by atoms with Crippen LogP contribution in [0, 0.1) is 0 Å². The molecule has 0 bridgehead atoms. The van der Waals surface area contributed by atoms with E-state index in [1.165, 1.54) is 0 Å². The first-order valence-electron chi connectivity index (χ1n) is 9.33. The number of aromatic nitrogens is 2. The Kier molecular flexibility index (Phi) is 5.24. The van der Waals surface area contributed by atoms with Crippen LogP contribution >= 0.6 is 0 Å². The SMILES string of the molecule is COc1ccc(CCNC(=O)c2ccc3nc4ccccc4nc3c2)cc1OC. The minimum atomic E-state index is -0.137. The van der Waals surface area contributed by atoms with Crippen molar-refractivity contribution in [1.29, 1.82) is 0 Å². The maximum absolute atomic E-state index is 12.6. The predicted molar refractivity (Wildman–Crippen MR) is 113 cm³/mol. The van der Waals surface area contributed by atoms with Crippen molar-refractivity contribution in [2.24, 2.45) is 0 Å². The largest absolute Gasteiger partial charge is 0.493 e. The summed E-state index contributed by atoms with van der Waals surface area (Å²) < 4.78 is 10.6. The van der Waals surface area contributed by atoms with Gasteiger partial charge < -0.3 is 14.8 Å². The monoisotopic (exact) mass is 387 g/mol. The van der Waals surface area contributed by atoms with Crippen molar-refractivity contribution in [3.63, 3.8) is 0 Å². The first kappa shape index (κ1) is 18.7. The van der Waals surface area contributed by atoms with E-state index in [-0.39, 0.29) is 5.91 Å². The van der Waals surface area contributed by atoms with Crippen molar-refractivity contribution in [2.75, 3.05) is 20.8 Å². The Labute approximate surface area is 168 Å². The first-order chi connectivity index (χ1) is 14.2. The van der Waals surface area contributed by atoms with Gasteiger partial charge in [0.1, 0.15) is 0 Å². The molecule has 1 amide bonds. The van der Waals surface area contributed by atoms with Crippen LogP contribution in [-0.4, -0.2) is 36.6 Å². The number of nitrogens with zero attached hydrogens (tertiary/aromatic N) is 2. The molecule has 0 atom stereocenters. The van der Waals surface area contributed by atoms with E-state index in [1.54, 1.807) is 26.4 Å². The number of nitrogens with one attached hydrogen (secondary N) is 1. The van der Waals surface area contributed by atoms with Gasteiger partial charge in [0.05, 0.1) is 36.3 Å². The van der Waals surface area contributed by atoms with Crippen LogP contribution in [0.5, 0.6) is 11.5 Å². The Bertz CT molecular complexity index is 1190. The van der Waals surface area contributed by atoms with Gasteiger partial charge in [0.25, 0.3) is 5.91 Å². The molecule has 0 aliphatic heterocycles. The summed E-state index contributed by atoms with van der Waals surface area (Å²) in [6, 6.07) is 18.8. The van der Waals surface area contributed by atoms with Gasteiger partial charge in [-0.1, -0.05) is 18.2 Å². The highest BCUT2D eigenvalue weighted by molar-refractivity contribution is 5.98. The summed E-state index contributed by atoms with van der Waals surface area (Å²) in [4.78, 5) is 21.8. The highest BCUT2D eigenvalue weighted by Crippen LogP contribution is 2.27. The van der Waals surface area contributed by atoms with Gasteiger partial charge in [-0.15, -0.1) is 0 Å². The molecule has 6 heteroatoms. The summed E-state index contributed by atoms with van der Waals surface area (Å²) >= 11 is 0. The van der Waals surface area contributed by atoms with Crippen LogP contribution in [0.3, 0.4) is 0 Å². The molecule has 0 saturated heterocycles. The fourth-order valence-electron chi connectivity index (χ4n) is 3.22. The molecule has 0 aliphatic carbocycles. The lowest BCUT2D eigenvalue weighted by Gasteiger charge is -2.10. The fraction of sp³-hybridized carbons (Fsp3) is 0.174. The molecule has 0 saturated carbocycles. The zero-order valence-corrected chi connectivity index (χ0v) is 16.3. The fourth-order valence-corrected chi connectivity index (χ4v) is 3.22. The number of ether oxygens (including phenoxy) is 2. The van der Waals surface area contributed by atoms with Crippen LogP contribution in [-0.2, 0) is 6.42 Å². The van der Waals surface area contributed by atoms with Crippen LogP contribution in [0.1, 0.15) is 15.9 Å². The highest BCUT2D eigenvalue weighted by atomic mass is 16.5. The Hall–Kier alpha value is -3.67. The van der Waals surface area contributed by atoms with Crippen molar-refractivity contribution in [1.82, 2.24) is 15.3 Å². The van der Waals surface area contributed by atoms with Crippen LogP contribution < -0.4 is 14.8 Å². The molecule has 1 aromatic heterocycles. The van der Waals surface area contributed by atoms with Crippen molar-refractivity contribution in [3.8, 4) is 11.5 Å². The van der Waals surface area contributed by atoms with Crippen LogP contribution in [0.25, 0.3) is 22.1 Å². The maximum atomic E-state index is 12.6. The normalized spacial score (nSPS) is 10.8. The van der Waals surface area contributed by atoms with Gasteiger partial charge in [0.2, 0.25) is 0 Å². The van der Waals surface area contributed by atoms with E-state index in [2.05, 4.69) is 15.3 Å². The molecule has 4 aromatic rings. The second kappa shape index (κ2) is 8.14. The zero-order valence-electron chi connectivity index (χ0n) is 16.3. The Morgan fingerprint density at radius 1 is 0.828 bits per heavy atom. The number of carbonyl (C=O) groups excluding carboxylic acids is 1. The number of amides is 1. The third-order valence-electron chi connectivity index (χ3n) is 4.75. The molecule has 1 N–H and O–H groups in total. The molecule has 29 heavy (non-hydrogen) atoms. The van der Waals surface area contributed by atoms with Gasteiger partial charge in [-0.25, -0.2) is 9.97 Å². The van der Waals surface area contributed by atoms with Gasteiger partial charge in [-0.2, -0.15) is 0 Å². The second-order valence-corrected chi connectivity index (χ2v) is 6.61. The number of fused-ring (bicyclic) bond motifs is 2. The van der Waals surface area contributed by atoms with Gasteiger partial charge in [-0.3, -0.25) is 4.79 Å². The van der Waals surface area contributed by atoms with Gasteiger partial charge in [0.15, 0.2) is 11.5 Å². The third-order valence-corrected chi connectivity index (χ3v) is 4.75. The second-order valence-electron chi connectivity index (χ2n) is 6.61. The van der Waals surface area contributed by atoms with E-state index in [0.29, 0.717) is 35.5 Å². The van der Waals surface area contributed by atoms with Crippen LogP contribution in [0.4, 0.5) is 0 Å². The molecule has 1 heterocycles. The summed E-state index contributed by atoms with van der Waals surface area (Å²) in [5.74, 6) is 1.23. The number of methoxy groups -OCH3 is 2. The van der Waals surface area contributed by atoms with E-state index < -0.39 is 0 Å². The van der Waals surface area contributed by atoms with E-state index >= 15 is 0 Å². The molecule has 3 aromatic carbocycles. The molecule has 0 spiro atoms. The lowest BCUT2D eigenvalue weighted by Crippen LogP contribution is -2.25. The summed E-state index contributed by atoms with van der Waals surface area (Å²) in [6.45, 7) is 0.510. The van der Waals surface area contributed by atoms with Crippen molar-refractivity contribution >= 4 is 28.0 Å². The van der Waals surface area contributed by atoms with E-state index in [9.17, 15) is 4.79 Å². The third kappa shape index (κ3) is 3.96. The van der Waals surface area contributed by atoms with E-state index in [0.717, 1.165) is 22.1 Å². The Morgan fingerprint density at radius 3 is 2.24 bits per heavy atom. The molecule has 0 unspecified atom stereocenters.